The summed E-state index contributed by atoms with van der Waals surface area (Å²) in [6, 6.07) is 0. The highest BCUT2D eigenvalue weighted by Crippen LogP contribution is 2.67. The normalized spacial score (nSPS) is 37.9. The van der Waals surface area contributed by atoms with E-state index >= 15 is 0 Å². The van der Waals surface area contributed by atoms with Gasteiger partial charge in [-0.1, -0.05) is 109 Å². The Morgan fingerprint density at radius 1 is 0.946 bits per heavy atom. The summed E-state index contributed by atoms with van der Waals surface area (Å²) in [6.07, 6.45) is 27.8. The summed E-state index contributed by atoms with van der Waals surface area (Å²) < 4.78 is 0. The molecule has 0 saturated heterocycles. The van der Waals surface area contributed by atoms with E-state index in [1.54, 1.807) is 17.3 Å². The molecule has 3 saturated carbocycles. The number of rotatable bonds is 13. The number of thioether (sulfide) groups is 1. The van der Waals surface area contributed by atoms with Crippen LogP contribution in [0.15, 0.2) is 11.6 Å². The largest absolute Gasteiger partial charge is 0.286 e. The molecule has 1 nitrogen and oxygen atoms in total. The van der Waals surface area contributed by atoms with Gasteiger partial charge < -0.3 is 0 Å². The Morgan fingerprint density at radius 3 is 2.46 bits per heavy atom. The highest BCUT2D eigenvalue weighted by molar-refractivity contribution is 8.14. The van der Waals surface area contributed by atoms with Crippen LogP contribution in [0.4, 0.5) is 0 Å². The molecule has 0 unspecified atom stereocenters. The minimum absolute atomic E-state index is 0.233. The number of hydrogen-bond donors (Lipinski definition) is 0. The molecule has 0 amide bonds. The van der Waals surface area contributed by atoms with Crippen LogP contribution in [0, 0.1) is 34.5 Å². The number of carbonyl (C=O) groups is 1. The van der Waals surface area contributed by atoms with E-state index in [4.69, 9.17) is 11.6 Å². The van der Waals surface area contributed by atoms with Gasteiger partial charge in [-0.2, -0.15) is 0 Å². The van der Waals surface area contributed by atoms with Gasteiger partial charge in [0.15, 0.2) is 0 Å². The fourth-order valence-electron chi connectivity index (χ4n) is 9.41. The van der Waals surface area contributed by atoms with Gasteiger partial charge in [0.05, 0.1) is 0 Å². The molecule has 0 bridgehead atoms. The summed E-state index contributed by atoms with van der Waals surface area (Å²) in [6.45, 7) is 9.83. The van der Waals surface area contributed by atoms with Crippen molar-refractivity contribution in [2.75, 3.05) is 0 Å². The highest BCUT2D eigenvalue weighted by Gasteiger charge is 2.58. The van der Waals surface area contributed by atoms with Crippen LogP contribution in [0.5, 0.6) is 0 Å². The third-order valence-corrected chi connectivity index (χ3v) is 13.6. The standard InChI is InChI=1S/C34H57ClOS/c1-5-7-9-10-11-13-14-25-17-19-29-28-18-16-26-24-27(37-32(36)31(35)15-12-8-6-2)20-22-34(26,4)30(28)21-23-33(25,29)3/h16,25,27-31H,5-15,17-24H2,1-4H3/t25-,27+,28-,29+,30-,31-,33-,34+/m1/s1. The number of alkyl halides is 1. The average Bonchev–Trinajstić information content (AvgIpc) is 3.22. The van der Waals surface area contributed by atoms with E-state index in [2.05, 4.69) is 33.8 Å². The molecule has 3 fully saturated rings. The van der Waals surface area contributed by atoms with Crippen molar-refractivity contribution in [3.63, 3.8) is 0 Å². The highest BCUT2D eigenvalue weighted by atomic mass is 35.5. The number of fused-ring (bicyclic) bond motifs is 5. The van der Waals surface area contributed by atoms with Gasteiger partial charge in [-0.05, 0) is 98.7 Å². The summed E-state index contributed by atoms with van der Waals surface area (Å²) >= 11 is 8.08. The molecule has 0 aromatic heterocycles. The molecule has 0 aromatic rings. The predicted molar refractivity (Wildman–Crippen MR) is 163 cm³/mol. The van der Waals surface area contributed by atoms with Gasteiger partial charge in [0.1, 0.15) is 5.38 Å². The number of allylic oxidation sites excluding steroid dienone is 2. The summed E-state index contributed by atoms with van der Waals surface area (Å²) in [5.41, 5.74) is 2.68. The molecule has 212 valence electrons. The van der Waals surface area contributed by atoms with Crippen LogP contribution in [-0.4, -0.2) is 15.7 Å². The zero-order valence-corrected chi connectivity index (χ0v) is 26.2. The van der Waals surface area contributed by atoms with Gasteiger partial charge in [-0.15, -0.1) is 11.6 Å². The number of unbranched alkanes of at least 4 members (excludes halogenated alkanes) is 7. The molecular formula is C34H57ClOS. The third-order valence-electron chi connectivity index (χ3n) is 11.8. The topological polar surface area (TPSA) is 17.1 Å². The monoisotopic (exact) mass is 548 g/mol. The first-order valence-electron chi connectivity index (χ1n) is 16.4. The predicted octanol–water partition coefficient (Wildman–Crippen LogP) is 11.1. The molecule has 0 aromatic carbocycles. The van der Waals surface area contributed by atoms with Crippen LogP contribution in [0.1, 0.15) is 150 Å². The van der Waals surface area contributed by atoms with Crippen molar-refractivity contribution in [1.82, 2.24) is 0 Å². The molecule has 0 radical (unpaired) electrons. The van der Waals surface area contributed by atoms with Gasteiger partial charge in [0.25, 0.3) is 0 Å². The first-order valence-corrected chi connectivity index (χ1v) is 17.7. The number of carbonyl (C=O) groups excluding carboxylic acids is 1. The molecule has 3 heteroatoms. The molecule has 4 aliphatic carbocycles. The second kappa shape index (κ2) is 13.6. The van der Waals surface area contributed by atoms with Gasteiger partial charge in [-0.25, -0.2) is 0 Å². The van der Waals surface area contributed by atoms with E-state index in [0.717, 1.165) is 42.9 Å². The number of halogens is 1. The summed E-state index contributed by atoms with van der Waals surface area (Å²) in [4.78, 5) is 12.8. The van der Waals surface area contributed by atoms with Crippen LogP contribution in [0.3, 0.4) is 0 Å². The second-order valence-electron chi connectivity index (χ2n) is 13.9. The van der Waals surface area contributed by atoms with Crippen molar-refractivity contribution in [3.8, 4) is 0 Å². The molecule has 0 aliphatic heterocycles. The van der Waals surface area contributed by atoms with Crippen LogP contribution < -0.4 is 0 Å². The zero-order chi connectivity index (χ0) is 26.5. The lowest BCUT2D eigenvalue weighted by molar-refractivity contribution is -0.110. The number of hydrogen-bond acceptors (Lipinski definition) is 2. The molecule has 0 spiro atoms. The Balaban J connectivity index is 1.32. The van der Waals surface area contributed by atoms with E-state index in [0.29, 0.717) is 16.1 Å². The van der Waals surface area contributed by atoms with Crippen molar-refractivity contribution in [3.05, 3.63) is 11.6 Å². The van der Waals surface area contributed by atoms with Crippen molar-refractivity contribution in [2.45, 2.75) is 160 Å². The molecule has 0 heterocycles. The maximum atomic E-state index is 12.8. The first kappa shape index (κ1) is 30.0. The van der Waals surface area contributed by atoms with Crippen LogP contribution in [0.25, 0.3) is 0 Å². The fraction of sp³-hybridized carbons (Fsp3) is 0.912. The average molecular weight is 549 g/mol. The van der Waals surface area contributed by atoms with E-state index < -0.39 is 0 Å². The first-order chi connectivity index (χ1) is 17.8. The third kappa shape index (κ3) is 6.69. The molecule has 8 atom stereocenters. The van der Waals surface area contributed by atoms with E-state index in [1.807, 2.05) is 0 Å². The van der Waals surface area contributed by atoms with Crippen LogP contribution in [-0.2, 0) is 4.79 Å². The van der Waals surface area contributed by atoms with Gasteiger partial charge in [0, 0.05) is 5.25 Å². The van der Waals surface area contributed by atoms with Crippen LogP contribution >= 0.6 is 23.4 Å². The van der Waals surface area contributed by atoms with Crippen molar-refractivity contribution in [2.24, 2.45) is 34.5 Å². The van der Waals surface area contributed by atoms with Gasteiger partial charge in [0.2, 0.25) is 5.12 Å². The molecular weight excluding hydrogens is 492 g/mol. The zero-order valence-electron chi connectivity index (χ0n) is 24.7. The minimum Gasteiger partial charge on any atom is -0.286 e. The minimum atomic E-state index is -0.294. The fourth-order valence-corrected chi connectivity index (χ4v) is 10.8. The molecule has 4 aliphatic rings. The smallest absolute Gasteiger partial charge is 0.207 e. The summed E-state index contributed by atoms with van der Waals surface area (Å²) in [7, 11) is 0. The lowest BCUT2D eigenvalue weighted by atomic mass is 9.47. The summed E-state index contributed by atoms with van der Waals surface area (Å²) in [5, 5.41) is 0.381. The quantitative estimate of drug-likeness (QED) is 0.129. The maximum Gasteiger partial charge on any atom is 0.207 e. The van der Waals surface area contributed by atoms with E-state index in [-0.39, 0.29) is 10.5 Å². The Labute approximate surface area is 239 Å². The Morgan fingerprint density at radius 2 is 1.68 bits per heavy atom. The van der Waals surface area contributed by atoms with Gasteiger partial charge in [-0.3, -0.25) is 4.79 Å². The van der Waals surface area contributed by atoms with Crippen LogP contribution in [0.2, 0.25) is 0 Å². The van der Waals surface area contributed by atoms with E-state index in [9.17, 15) is 4.79 Å². The second-order valence-corrected chi connectivity index (χ2v) is 15.7. The Bertz CT molecular complexity index is 778. The Hall–Kier alpha value is 0.0500. The maximum absolute atomic E-state index is 12.8. The van der Waals surface area contributed by atoms with E-state index in [1.165, 1.54) is 103 Å². The Kier molecular flexibility index (Phi) is 11.0. The molecule has 4 rings (SSSR count). The lowest BCUT2D eigenvalue weighted by Gasteiger charge is -2.58. The van der Waals surface area contributed by atoms with Crippen molar-refractivity contribution < 1.29 is 4.79 Å². The van der Waals surface area contributed by atoms with Crippen molar-refractivity contribution in [1.29, 1.82) is 0 Å². The summed E-state index contributed by atoms with van der Waals surface area (Å²) in [5.74, 6) is 3.69. The SMILES string of the molecule is CCCCCCCC[C@@H]1CC[C@H]2[C@H]3CC=C4C[C@@H](SC(=O)[C@H](Cl)CCCCC)CC[C@]4(C)[C@@H]3CC[C@]12C. The van der Waals surface area contributed by atoms with Gasteiger partial charge >= 0.3 is 0 Å². The lowest BCUT2D eigenvalue weighted by Crippen LogP contribution is -2.50. The molecule has 0 N–H and O–H groups in total. The molecule has 37 heavy (non-hydrogen) atoms. The van der Waals surface area contributed by atoms with Crippen molar-refractivity contribution >= 4 is 28.5 Å².